The highest BCUT2D eigenvalue weighted by Gasteiger charge is 2.26. The number of para-hydroxylation sites is 1. The molecule has 0 saturated carbocycles. The first kappa shape index (κ1) is 26.9. The van der Waals surface area contributed by atoms with Crippen LogP contribution in [0.1, 0.15) is 18.1 Å². The van der Waals surface area contributed by atoms with Crippen molar-refractivity contribution in [1.82, 2.24) is 4.57 Å². The van der Waals surface area contributed by atoms with Crippen LogP contribution in [0.5, 0.6) is 17.2 Å². The molecule has 0 aliphatic heterocycles. The Labute approximate surface area is 234 Å². The molecule has 40 heavy (non-hydrogen) atoms. The summed E-state index contributed by atoms with van der Waals surface area (Å²) in [6, 6.07) is 33.5. The molecule has 0 N–H and O–H groups in total. The molecule has 1 atom stereocenters. The number of carbonyl (C=O) groups excluding carboxylic acids is 1. The summed E-state index contributed by atoms with van der Waals surface area (Å²) in [7, 11) is 1.65. The molecule has 0 spiro atoms. The highest BCUT2D eigenvalue weighted by atomic mass is 16.6. The van der Waals surface area contributed by atoms with Crippen LogP contribution in [0.4, 0.5) is 0 Å². The van der Waals surface area contributed by atoms with Crippen molar-refractivity contribution in [2.75, 3.05) is 13.7 Å². The van der Waals surface area contributed by atoms with Gasteiger partial charge in [0.15, 0.2) is 0 Å². The highest BCUT2D eigenvalue weighted by Crippen LogP contribution is 2.36. The van der Waals surface area contributed by atoms with Gasteiger partial charge in [-0.3, -0.25) is 0 Å². The second-order valence-electron chi connectivity index (χ2n) is 9.44. The number of ether oxygens (including phenoxy) is 4. The summed E-state index contributed by atoms with van der Waals surface area (Å²) in [5.41, 5.74) is 5.15. The van der Waals surface area contributed by atoms with E-state index in [0.717, 1.165) is 44.8 Å². The molecular weight excluding hydrogens is 502 g/mol. The molecule has 5 aromatic rings. The standard InChI is InChI=1S/C34H33NO5/c1-4-38-34(36)32(40-28-13-9-6-10-14-28)22-35-31-20-19-29(39-23-25-11-7-5-8-12-25)21-30(31)24(2)33(35)26-15-17-27(37-3)18-16-26/h5-21,32H,4,22-23H2,1-3H3. The molecular formula is C34H33NO5. The lowest BCUT2D eigenvalue weighted by molar-refractivity contribution is -0.152. The van der Waals surface area contributed by atoms with E-state index < -0.39 is 12.1 Å². The van der Waals surface area contributed by atoms with Crippen molar-refractivity contribution in [3.05, 3.63) is 114 Å². The maximum Gasteiger partial charge on any atom is 0.349 e. The third-order valence-corrected chi connectivity index (χ3v) is 6.82. The minimum atomic E-state index is -0.844. The summed E-state index contributed by atoms with van der Waals surface area (Å²) in [6.07, 6.45) is -0.844. The highest BCUT2D eigenvalue weighted by molar-refractivity contribution is 5.93. The van der Waals surface area contributed by atoms with Crippen LogP contribution in [0, 0.1) is 6.92 Å². The van der Waals surface area contributed by atoms with E-state index in [4.69, 9.17) is 18.9 Å². The number of hydrogen-bond acceptors (Lipinski definition) is 5. The molecule has 6 heteroatoms. The molecule has 0 bridgehead atoms. The molecule has 5 rings (SSSR count). The van der Waals surface area contributed by atoms with Gasteiger partial charge in [0.2, 0.25) is 6.10 Å². The van der Waals surface area contributed by atoms with Gasteiger partial charge in [-0.15, -0.1) is 0 Å². The third kappa shape index (κ3) is 5.96. The SMILES string of the molecule is CCOC(=O)C(Cn1c(-c2ccc(OC)cc2)c(C)c2cc(OCc3ccccc3)ccc21)Oc1ccccc1. The quantitative estimate of drug-likeness (QED) is 0.167. The number of aromatic nitrogens is 1. The minimum absolute atomic E-state index is 0.268. The maximum atomic E-state index is 13.1. The lowest BCUT2D eigenvalue weighted by Crippen LogP contribution is -2.34. The van der Waals surface area contributed by atoms with Gasteiger partial charge in [-0.2, -0.15) is 0 Å². The Hall–Kier alpha value is -4.71. The lowest BCUT2D eigenvalue weighted by atomic mass is 10.1. The number of benzene rings is 4. The Morgan fingerprint density at radius 3 is 2.17 bits per heavy atom. The van der Waals surface area contributed by atoms with Gasteiger partial charge in [0.05, 0.1) is 26.0 Å². The Kier molecular flexibility index (Phi) is 8.35. The van der Waals surface area contributed by atoms with Crippen LogP contribution in [0.15, 0.2) is 103 Å². The molecule has 204 valence electrons. The Balaban J connectivity index is 1.57. The predicted molar refractivity (Wildman–Crippen MR) is 157 cm³/mol. The Morgan fingerprint density at radius 2 is 1.50 bits per heavy atom. The average molecular weight is 536 g/mol. The van der Waals surface area contributed by atoms with E-state index in [-0.39, 0.29) is 13.2 Å². The fraction of sp³-hybridized carbons (Fsp3) is 0.206. The summed E-state index contributed by atoms with van der Waals surface area (Å²) >= 11 is 0. The van der Waals surface area contributed by atoms with Crippen molar-refractivity contribution >= 4 is 16.9 Å². The summed E-state index contributed by atoms with van der Waals surface area (Å²) in [4.78, 5) is 13.1. The topological polar surface area (TPSA) is 58.9 Å². The fourth-order valence-electron chi connectivity index (χ4n) is 4.87. The number of carbonyl (C=O) groups is 1. The summed E-state index contributed by atoms with van der Waals surface area (Å²) < 4.78 is 25.3. The number of methoxy groups -OCH3 is 1. The predicted octanol–water partition coefficient (Wildman–Crippen LogP) is 7.22. The van der Waals surface area contributed by atoms with E-state index in [1.807, 2.05) is 97.1 Å². The first-order valence-electron chi connectivity index (χ1n) is 13.4. The summed E-state index contributed by atoms with van der Waals surface area (Å²) in [5.74, 6) is 1.75. The number of hydrogen-bond donors (Lipinski definition) is 0. The van der Waals surface area contributed by atoms with Crippen molar-refractivity contribution in [3.8, 4) is 28.5 Å². The van der Waals surface area contributed by atoms with Gasteiger partial charge in [-0.1, -0.05) is 48.5 Å². The zero-order chi connectivity index (χ0) is 27.9. The van der Waals surface area contributed by atoms with Crippen LogP contribution in [-0.4, -0.2) is 30.4 Å². The molecule has 0 aliphatic carbocycles. The van der Waals surface area contributed by atoms with Crippen molar-refractivity contribution in [2.24, 2.45) is 0 Å². The van der Waals surface area contributed by atoms with Crippen LogP contribution in [0.3, 0.4) is 0 Å². The van der Waals surface area contributed by atoms with E-state index in [1.165, 1.54) is 0 Å². The second kappa shape index (κ2) is 12.4. The zero-order valence-corrected chi connectivity index (χ0v) is 23.0. The number of fused-ring (bicyclic) bond motifs is 1. The van der Waals surface area contributed by atoms with Crippen molar-refractivity contribution in [1.29, 1.82) is 0 Å². The molecule has 0 radical (unpaired) electrons. The van der Waals surface area contributed by atoms with Crippen molar-refractivity contribution < 1.29 is 23.7 Å². The van der Waals surface area contributed by atoms with E-state index in [2.05, 4.69) is 17.6 Å². The largest absolute Gasteiger partial charge is 0.497 e. The van der Waals surface area contributed by atoms with Gasteiger partial charge in [0, 0.05) is 10.9 Å². The van der Waals surface area contributed by atoms with Gasteiger partial charge in [-0.05, 0) is 85.1 Å². The van der Waals surface area contributed by atoms with Crippen LogP contribution >= 0.6 is 0 Å². The van der Waals surface area contributed by atoms with E-state index >= 15 is 0 Å². The Morgan fingerprint density at radius 1 is 0.825 bits per heavy atom. The van der Waals surface area contributed by atoms with Crippen LogP contribution < -0.4 is 14.2 Å². The van der Waals surface area contributed by atoms with Gasteiger partial charge >= 0.3 is 5.97 Å². The van der Waals surface area contributed by atoms with E-state index in [9.17, 15) is 4.79 Å². The van der Waals surface area contributed by atoms with E-state index in [0.29, 0.717) is 12.4 Å². The van der Waals surface area contributed by atoms with Crippen LogP contribution in [-0.2, 0) is 22.7 Å². The summed E-state index contributed by atoms with van der Waals surface area (Å²) in [5, 5.41) is 1.04. The lowest BCUT2D eigenvalue weighted by Gasteiger charge is -2.21. The maximum absolute atomic E-state index is 13.1. The molecule has 6 nitrogen and oxygen atoms in total. The van der Waals surface area contributed by atoms with Crippen molar-refractivity contribution in [2.45, 2.75) is 33.1 Å². The smallest absolute Gasteiger partial charge is 0.349 e. The molecule has 0 amide bonds. The first-order chi connectivity index (χ1) is 19.6. The van der Waals surface area contributed by atoms with Gasteiger partial charge in [0.25, 0.3) is 0 Å². The van der Waals surface area contributed by atoms with E-state index in [1.54, 1.807) is 14.0 Å². The molecule has 1 heterocycles. The minimum Gasteiger partial charge on any atom is -0.497 e. The zero-order valence-electron chi connectivity index (χ0n) is 23.0. The van der Waals surface area contributed by atoms with Crippen molar-refractivity contribution in [3.63, 3.8) is 0 Å². The number of aryl methyl sites for hydroxylation is 1. The monoisotopic (exact) mass is 535 g/mol. The molecule has 0 aliphatic rings. The number of nitrogens with zero attached hydrogens (tertiary/aromatic N) is 1. The summed E-state index contributed by atoms with van der Waals surface area (Å²) in [6.45, 7) is 4.91. The Bertz CT molecular complexity index is 1560. The second-order valence-corrected chi connectivity index (χ2v) is 9.44. The molecule has 0 fully saturated rings. The normalized spacial score (nSPS) is 11.7. The molecule has 0 saturated heterocycles. The van der Waals surface area contributed by atoms with Gasteiger partial charge < -0.3 is 23.5 Å². The first-order valence-corrected chi connectivity index (χ1v) is 13.4. The third-order valence-electron chi connectivity index (χ3n) is 6.82. The van der Waals surface area contributed by atoms with Crippen LogP contribution in [0.25, 0.3) is 22.2 Å². The molecule has 1 aromatic heterocycles. The average Bonchev–Trinajstić information content (AvgIpc) is 3.27. The fourth-order valence-corrected chi connectivity index (χ4v) is 4.87. The number of esters is 1. The molecule has 1 unspecified atom stereocenters. The number of rotatable bonds is 11. The van der Waals surface area contributed by atoms with Gasteiger partial charge in [0.1, 0.15) is 23.9 Å². The molecule has 4 aromatic carbocycles. The van der Waals surface area contributed by atoms with Gasteiger partial charge in [-0.25, -0.2) is 4.79 Å². The van der Waals surface area contributed by atoms with Crippen LogP contribution in [0.2, 0.25) is 0 Å².